The van der Waals surface area contributed by atoms with Crippen molar-refractivity contribution in [3.05, 3.63) is 63.7 Å². The molecule has 1 aliphatic heterocycles. The first kappa shape index (κ1) is 41.8. The third kappa shape index (κ3) is 11.7. The molecule has 1 fully saturated rings. The molecule has 0 bridgehead atoms. The standard InChI is InChI=1S/C36H44N2O15/c1-18(2)19(3)33(42)37-21(5)28(41)16-25-10-9-24(17-48-36(44)51-27-13-11-26(12-14-27)38(45)46)15-29(25)52-35-20(4)30(49-22(6)39)31(50-23(7)40)32(53-35)34(43)47-8/h9-15,18-21,30-32,35H,16-17H2,1-8H3,(H,37,42)/t19-,20+,21-,30+,31-,32-,35+/m0/s1. The van der Waals surface area contributed by atoms with E-state index < -0.39 is 65.5 Å². The van der Waals surface area contributed by atoms with Gasteiger partial charge in [0.05, 0.1) is 24.0 Å². The van der Waals surface area contributed by atoms with Crippen LogP contribution in [0.15, 0.2) is 42.5 Å². The molecule has 0 aromatic heterocycles. The monoisotopic (exact) mass is 744 g/mol. The van der Waals surface area contributed by atoms with E-state index in [2.05, 4.69) is 5.32 Å². The largest absolute Gasteiger partial charge is 0.514 e. The van der Waals surface area contributed by atoms with Crippen molar-refractivity contribution in [2.75, 3.05) is 7.11 Å². The van der Waals surface area contributed by atoms with Crippen molar-refractivity contribution in [3.63, 3.8) is 0 Å². The number of nitro groups is 1. The lowest BCUT2D eigenvalue weighted by atomic mass is 9.91. The fourth-order valence-electron chi connectivity index (χ4n) is 5.14. The van der Waals surface area contributed by atoms with Crippen molar-refractivity contribution in [1.29, 1.82) is 0 Å². The molecule has 1 saturated heterocycles. The quantitative estimate of drug-likeness (QED) is 0.0895. The molecule has 1 amide bonds. The van der Waals surface area contributed by atoms with Crippen molar-refractivity contribution in [2.24, 2.45) is 17.8 Å². The van der Waals surface area contributed by atoms with E-state index in [1.807, 2.05) is 13.8 Å². The number of nitro benzene ring substituents is 1. The summed E-state index contributed by atoms with van der Waals surface area (Å²) in [7, 11) is 1.09. The highest BCUT2D eigenvalue weighted by Crippen LogP contribution is 2.34. The van der Waals surface area contributed by atoms with Gasteiger partial charge in [-0.25, -0.2) is 9.59 Å². The van der Waals surface area contributed by atoms with Gasteiger partial charge in [0.15, 0.2) is 24.1 Å². The van der Waals surface area contributed by atoms with E-state index >= 15 is 0 Å². The molecule has 1 heterocycles. The highest BCUT2D eigenvalue weighted by Gasteiger charge is 2.52. The van der Waals surface area contributed by atoms with Crippen LogP contribution < -0.4 is 14.8 Å². The number of carbonyl (C=O) groups excluding carboxylic acids is 6. The molecule has 2 aromatic carbocycles. The summed E-state index contributed by atoms with van der Waals surface area (Å²) in [6, 6.07) is 8.44. The van der Waals surface area contributed by atoms with Gasteiger partial charge >= 0.3 is 24.1 Å². The number of nitrogens with zero attached hydrogens (tertiary/aromatic N) is 1. The van der Waals surface area contributed by atoms with Crippen LogP contribution in [0.4, 0.5) is 10.5 Å². The summed E-state index contributed by atoms with van der Waals surface area (Å²) in [5.74, 6) is -4.25. The number of benzene rings is 2. The molecule has 2 aromatic rings. The van der Waals surface area contributed by atoms with Gasteiger partial charge < -0.3 is 38.5 Å². The molecular weight excluding hydrogens is 700 g/mol. The van der Waals surface area contributed by atoms with Crippen molar-refractivity contribution in [3.8, 4) is 11.5 Å². The van der Waals surface area contributed by atoms with Gasteiger partial charge in [0.25, 0.3) is 5.69 Å². The summed E-state index contributed by atoms with van der Waals surface area (Å²) in [4.78, 5) is 85.7. The molecule has 3 rings (SSSR count). The molecule has 17 nitrogen and oxygen atoms in total. The van der Waals surface area contributed by atoms with Crippen LogP contribution in [0, 0.1) is 27.9 Å². The number of methoxy groups -OCH3 is 1. The van der Waals surface area contributed by atoms with Gasteiger partial charge in [-0.1, -0.05) is 39.8 Å². The minimum atomic E-state index is -1.58. The first-order valence-corrected chi connectivity index (χ1v) is 16.7. The highest BCUT2D eigenvalue weighted by atomic mass is 16.7. The summed E-state index contributed by atoms with van der Waals surface area (Å²) in [6.45, 7) is 10.6. The number of Topliss-reactive ketones (excluding diaryl/α,β-unsaturated/α-hetero) is 1. The lowest BCUT2D eigenvalue weighted by Crippen LogP contribution is -2.60. The fraction of sp³-hybridized carbons (Fsp3) is 0.500. The second-order valence-corrected chi connectivity index (χ2v) is 12.8. The Morgan fingerprint density at radius 2 is 1.55 bits per heavy atom. The van der Waals surface area contributed by atoms with Crippen LogP contribution in [0.25, 0.3) is 0 Å². The summed E-state index contributed by atoms with van der Waals surface area (Å²) >= 11 is 0. The first-order valence-electron chi connectivity index (χ1n) is 16.7. The van der Waals surface area contributed by atoms with Gasteiger partial charge in [0, 0.05) is 43.9 Å². The Labute approximate surface area is 305 Å². The number of ketones is 1. The zero-order chi connectivity index (χ0) is 39.6. The number of esters is 3. The van der Waals surface area contributed by atoms with Crippen LogP contribution >= 0.6 is 0 Å². The molecular formula is C36H44N2O15. The number of hydrogen-bond donors (Lipinski definition) is 1. The average Bonchev–Trinajstić information content (AvgIpc) is 3.09. The Hall–Kier alpha value is -5.58. The van der Waals surface area contributed by atoms with Gasteiger partial charge in [-0.05, 0) is 36.6 Å². The molecule has 0 unspecified atom stereocenters. The summed E-state index contributed by atoms with van der Waals surface area (Å²) in [5, 5.41) is 13.6. The molecule has 1 N–H and O–H groups in total. The van der Waals surface area contributed by atoms with Crippen LogP contribution in [-0.2, 0) is 60.7 Å². The van der Waals surface area contributed by atoms with E-state index in [0.717, 1.165) is 33.1 Å². The molecule has 17 heteroatoms. The number of ether oxygens (including phenoxy) is 7. The predicted molar refractivity (Wildman–Crippen MR) is 182 cm³/mol. The van der Waals surface area contributed by atoms with Crippen molar-refractivity contribution >= 4 is 41.4 Å². The number of non-ortho nitro benzene ring substituents is 1. The fourth-order valence-corrected chi connectivity index (χ4v) is 5.14. The molecule has 0 spiro atoms. The van der Waals surface area contributed by atoms with E-state index in [1.54, 1.807) is 26.8 Å². The minimum absolute atomic E-state index is 0.000433. The van der Waals surface area contributed by atoms with E-state index in [4.69, 9.17) is 33.2 Å². The molecule has 0 saturated carbocycles. The topological polar surface area (TPSA) is 222 Å². The molecule has 1 aliphatic rings. The second-order valence-electron chi connectivity index (χ2n) is 12.8. The maximum Gasteiger partial charge on any atom is 0.514 e. The van der Waals surface area contributed by atoms with E-state index in [9.17, 15) is 38.9 Å². The zero-order valence-corrected chi connectivity index (χ0v) is 30.6. The van der Waals surface area contributed by atoms with E-state index in [-0.39, 0.29) is 53.7 Å². The number of amides is 1. The van der Waals surface area contributed by atoms with Gasteiger partial charge in [-0.2, -0.15) is 0 Å². The Morgan fingerprint density at radius 3 is 2.11 bits per heavy atom. The Bertz CT molecular complexity index is 1680. The first-order chi connectivity index (χ1) is 24.9. The summed E-state index contributed by atoms with van der Waals surface area (Å²) in [5.41, 5.74) is 0.474. The van der Waals surface area contributed by atoms with Gasteiger partial charge in [0.2, 0.25) is 12.2 Å². The minimum Gasteiger partial charge on any atom is -0.467 e. The van der Waals surface area contributed by atoms with Gasteiger partial charge in [-0.15, -0.1) is 0 Å². The highest BCUT2D eigenvalue weighted by molar-refractivity contribution is 5.91. The number of hydrogen-bond acceptors (Lipinski definition) is 15. The van der Waals surface area contributed by atoms with Crippen LogP contribution in [0.2, 0.25) is 0 Å². The lowest BCUT2D eigenvalue weighted by molar-refractivity contribution is -0.384. The third-order valence-corrected chi connectivity index (χ3v) is 8.49. The normalized spacial score (nSPS) is 20.6. The van der Waals surface area contributed by atoms with Gasteiger partial charge in [0.1, 0.15) is 18.1 Å². The Kier molecular flexibility index (Phi) is 14.8. The summed E-state index contributed by atoms with van der Waals surface area (Å²) < 4.78 is 38.2. The molecule has 0 radical (unpaired) electrons. The maximum absolute atomic E-state index is 13.4. The van der Waals surface area contributed by atoms with Crippen LogP contribution in [-0.4, -0.2) is 78.4 Å². The molecule has 7 atom stereocenters. The lowest BCUT2D eigenvalue weighted by Gasteiger charge is -2.43. The van der Waals surface area contributed by atoms with Crippen LogP contribution in [0.5, 0.6) is 11.5 Å². The number of rotatable bonds is 15. The van der Waals surface area contributed by atoms with Crippen LogP contribution in [0.1, 0.15) is 59.6 Å². The van der Waals surface area contributed by atoms with E-state index in [1.165, 1.54) is 24.3 Å². The molecule has 288 valence electrons. The summed E-state index contributed by atoms with van der Waals surface area (Å²) in [6.07, 6.45) is -6.91. The van der Waals surface area contributed by atoms with Gasteiger partial charge in [-0.3, -0.25) is 29.3 Å². The molecule has 53 heavy (non-hydrogen) atoms. The van der Waals surface area contributed by atoms with E-state index in [0.29, 0.717) is 11.1 Å². The second kappa shape index (κ2) is 18.8. The average molecular weight is 745 g/mol. The van der Waals surface area contributed by atoms with Crippen LogP contribution in [0.3, 0.4) is 0 Å². The predicted octanol–water partition coefficient (Wildman–Crippen LogP) is 4.00. The van der Waals surface area contributed by atoms with Crippen molar-refractivity contribution in [1.82, 2.24) is 5.32 Å². The molecule has 0 aliphatic carbocycles. The Balaban J connectivity index is 1.93. The van der Waals surface area contributed by atoms with Crippen molar-refractivity contribution < 1.29 is 66.8 Å². The van der Waals surface area contributed by atoms with Crippen molar-refractivity contribution in [2.45, 2.75) is 92.1 Å². The number of nitrogens with one attached hydrogen (secondary N) is 1. The number of carbonyl (C=O) groups is 6. The Morgan fingerprint density at radius 1 is 0.925 bits per heavy atom. The third-order valence-electron chi connectivity index (χ3n) is 8.49. The maximum atomic E-state index is 13.4. The zero-order valence-electron chi connectivity index (χ0n) is 30.6. The smallest absolute Gasteiger partial charge is 0.467 e. The SMILES string of the molecule is COC(=O)[C@H]1O[C@@H](Oc2cc(COC(=O)Oc3ccc([N+](=O)[O-])cc3)ccc2CC(=O)[C@H](C)NC(=O)[C@@H](C)C(C)C)[C@H](C)[C@@H](OC(C)=O)[C@@H]1OC(C)=O.